The summed E-state index contributed by atoms with van der Waals surface area (Å²) in [7, 11) is 0. The van der Waals surface area contributed by atoms with Gasteiger partial charge in [-0.1, -0.05) is 110 Å². The fourth-order valence-corrected chi connectivity index (χ4v) is 9.40. The first-order valence-corrected chi connectivity index (χ1v) is 19.6. The third-order valence-corrected chi connectivity index (χ3v) is 12.3. The first kappa shape index (κ1) is 33.4. The molecule has 10 rings (SSSR count). The number of rotatable bonds is 1. The highest BCUT2D eigenvalue weighted by molar-refractivity contribution is 6.90. The smallest absolute Gasteiger partial charge is 0.333 e. The lowest BCUT2D eigenvalue weighted by Crippen LogP contribution is -2.56. The highest BCUT2D eigenvalue weighted by Crippen LogP contribution is 2.51. The van der Waals surface area contributed by atoms with E-state index < -0.39 is 0 Å². The molecular formula is C50H49BN2O. The molecular weight excluding hydrogens is 655 g/mol. The Kier molecular flexibility index (Phi) is 6.62. The van der Waals surface area contributed by atoms with Crippen molar-refractivity contribution in [3.8, 4) is 11.1 Å². The van der Waals surface area contributed by atoms with Gasteiger partial charge in [-0.2, -0.15) is 0 Å². The summed E-state index contributed by atoms with van der Waals surface area (Å²) in [5.74, 6) is 0. The van der Waals surface area contributed by atoms with Gasteiger partial charge in [0.25, 0.3) is 0 Å². The minimum absolute atomic E-state index is 0.0275. The van der Waals surface area contributed by atoms with E-state index in [-0.39, 0.29) is 23.1 Å². The molecule has 54 heavy (non-hydrogen) atoms. The summed E-state index contributed by atoms with van der Waals surface area (Å²) >= 11 is 0. The Morgan fingerprint density at radius 1 is 0.556 bits per heavy atom. The predicted octanol–water partition coefficient (Wildman–Crippen LogP) is 12.6. The number of para-hydroxylation sites is 1. The van der Waals surface area contributed by atoms with Crippen LogP contribution in [0.2, 0.25) is 0 Å². The third-order valence-electron chi connectivity index (χ3n) is 12.3. The molecule has 0 amide bonds. The van der Waals surface area contributed by atoms with E-state index in [1.807, 2.05) is 0 Å². The SMILES string of the molecule is Cc1ccc2c(c1)c1cc(C)cc3c1n2B1c2ccc(C(C)(C)C)cc2N(c2cc(C(C)(C)C)cc(C(C)(C)C)c2)c2cc4oc5ccccc5c4c-3c21. The summed E-state index contributed by atoms with van der Waals surface area (Å²) in [6.07, 6.45) is 0. The van der Waals surface area contributed by atoms with Gasteiger partial charge < -0.3 is 13.8 Å². The molecule has 0 radical (unpaired) electrons. The Balaban J connectivity index is 1.44. The van der Waals surface area contributed by atoms with Gasteiger partial charge in [0.1, 0.15) is 11.2 Å². The van der Waals surface area contributed by atoms with Gasteiger partial charge in [0.2, 0.25) is 0 Å². The van der Waals surface area contributed by atoms with E-state index in [1.165, 1.54) is 99.5 Å². The van der Waals surface area contributed by atoms with Crippen LogP contribution >= 0.6 is 0 Å². The van der Waals surface area contributed by atoms with Gasteiger partial charge in [-0.25, -0.2) is 0 Å². The fourth-order valence-electron chi connectivity index (χ4n) is 9.40. The zero-order chi connectivity index (χ0) is 37.8. The van der Waals surface area contributed by atoms with Crippen molar-refractivity contribution in [2.45, 2.75) is 92.4 Å². The Labute approximate surface area is 319 Å². The summed E-state index contributed by atoms with van der Waals surface area (Å²) < 4.78 is 9.56. The second-order valence-electron chi connectivity index (χ2n) is 19.3. The summed E-state index contributed by atoms with van der Waals surface area (Å²) in [6.45, 7) is 25.4. The van der Waals surface area contributed by atoms with Crippen molar-refractivity contribution in [2.24, 2.45) is 0 Å². The van der Waals surface area contributed by atoms with Crippen LogP contribution < -0.4 is 15.8 Å². The fraction of sp³-hybridized carbons (Fsp3) is 0.280. The first-order chi connectivity index (χ1) is 25.5. The van der Waals surface area contributed by atoms with Crippen LogP contribution in [0.5, 0.6) is 0 Å². The molecule has 8 aromatic rings. The van der Waals surface area contributed by atoms with Crippen LogP contribution in [0.25, 0.3) is 54.9 Å². The van der Waals surface area contributed by atoms with Crippen molar-refractivity contribution in [3.05, 3.63) is 125 Å². The van der Waals surface area contributed by atoms with Crippen LogP contribution in [0.15, 0.2) is 101 Å². The lowest BCUT2D eigenvalue weighted by molar-refractivity contribution is 0.569. The minimum atomic E-state index is -0.0310. The molecule has 0 bridgehead atoms. The Bertz CT molecular complexity index is 2890. The van der Waals surface area contributed by atoms with Gasteiger partial charge in [-0.05, 0) is 117 Å². The standard InChI is InChI=1S/C50H49BN2O/c1-28-16-19-39-35(20-28)36-21-29(2)22-37-45-44-34-14-12-13-15-42(34)54-43(44)27-41-46(45)51(53(39)47(36)37)38-18-17-30(48(3,4)5)26-40(38)52(41)33-24-31(49(6,7)8)23-32(25-33)50(9,10)11/h12-27H,1-11H3. The molecule has 4 heterocycles. The number of nitrogens with zero attached hydrogens (tertiary/aromatic N) is 2. The van der Waals surface area contributed by atoms with Crippen molar-refractivity contribution in [1.29, 1.82) is 0 Å². The van der Waals surface area contributed by atoms with Crippen LogP contribution in [0.3, 0.4) is 0 Å². The van der Waals surface area contributed by atoms with Gasteiger partial charge in [-0.15, -0.1) is 0 Å². The lowest BCUT2D eigenvalue weighted by atomic mass is 9.44. The minimum Gasteiger partial charge on any atom is -0.456 e. The molecule has 3 nitrogen and oxygen atoms in total. The number of benzene rings is 6. The molecule has 268 valence electrons. The largest absolute Gasteiger partial charge is 0.456 e. The van der Waals surface area contributed by atoms with Crippen LogP contribution in [-0.4, -0.2) is 11.3 Å². The number of aryl methyl sites for hydroxylation is 2. The van der Waals surface area contributed by atoms with E-state index in [2.05, 4.69) is 183 Å². The van der Waals surface area contributed by atoms with Crippen LogP contribution in [0, 0.1) is 13.8 Å². The van der Waals surface area contributed by atoms with Gasteiger partial charge >= 0.3 is 6.85 Å². The highest BCUT2D eigenvalue weighted by Gasteiger charge is 2.45. The lowest BCUT2D eigenvalue weighted by Gasteiger charge is -2.42. The molecule has 6 aromatic carbocycles. The molecule has 2 aliphatic rings. The second kappa shape index (κ2) is 10.7. The van der Waals surface area contributed by atoms with E-state index >= 15 is 0 Å². The van der Waals surface area contributed by atoms with Gasteiger partial charge in [0.15, 0.2) is 0 Å². The summed E-state index contributed by atoms with van der Waals surface area (Å²) in [6, 6.07) is 37.5. The van der Waals surface area contributed by atoms with E-state index in [4.69, 9.17) is 4.42 Å². The topological polar surface area (TPSA) is 21.3 Å². The molecule has 0 spiro atoms. The summed E-state index contributed by atoms with van der Waals surface area (Å²) in [5, 5.41) is 5.02. The average molecular weight is 705 g/mol. The average Bonchev–Trinajstić information content (AvgIpc) is 3.63. The Morgan fingerprint density at radius 3 is 1.94 bits per heavy atom. The number of furan rings is 1. The number of aromatic nitrogens is 1. The summed E-state index contributed by atoms with van der Waals surface area (Å²) in [4.78, 5) is 2.59. The zero-order valence-corrected chi connectivity index (χ0v) is 33.6. The molecule has 0 saturated carbocycles. The normalized spacial score (nSPS) is 14.1. The maximum atomic E-state index is 6.88. The monoisotopic (exact) mass is 704 g/mol. The van der Waals surface area contributed by atoms with Crippen LogP contribution in [0.1, 0.15) is 90.1 Å². The Hall–Kier alpha value is -5.22. The van der Waals surface area contributed by atoms with Crippen molar-refractivity contribution < 1.29 is 4.42 Å². The van der Waals surface area contributed by atoms with Gasteiger partial charge in [0.05, 0.1) is 0 Å². The zero-order valence-electron chi connectivity index (χ0n) is 33.6. The van der Waals surface area contributed by atoms with Gasteiger partial charge in [-0.3, -0.25) is 0 Å². The first-order valence-electron chi connectivity index (χ1n) is 19.6. The molecule has 0 unspecified atom stereocenters. The van der Waals surface area contributed by atoms with E-state index in [9.17, 15) is 0 Å². The summed E-state index contributed by atoms with van der Waals surface area (Å²) in [5.41, 5.74) is 19.8. The number of fused-ring (bicyclic) bond motifs is 11. The quantitative estimate of drug-likeness (QED) is 0.159. The van der Waals surface area contributed by atoms with Crippen molar-refractivity contribution in [3.63, 3.8) is 0 Å². The second-order valence-corrected chi connectivity index (χ2v) is 19.3. The molecule has 2 aromatic heterocycles. The van der Waals surface area contributed by atoms with E-state index in [1.54, 1.807) is 0 Å². The molecule has 0 N–H and O–H groups in total. The molecule has 0 saturated heterocycles. The van der Waals surface area contributed by atoms with Crippen molar-refractivity contribution >= 4 is 78.6 Å². The number of hydrogen-bond donors (Lipinski definition) is 0. The molecule has 0 aliphatic carbocycles. The highest BCUT2D eigenvalue weighted by atomic mass is 16.3. The Morgan fingerprint density at radius 2 is 1.24 bits per heavy atom. The molecule has 2 aliphatic heterocycles. The van der Waals surface area contributed by atoms with Crippen LogP contribution in [0.4, 0.5) is 17.1 Å². The maximum Gasteiger partial charge on any atom is 0.333 e. The molecule has 0 fully saturated rings. The van der Waals surface area contributed by atoms with E-state index in [0.29, 0.717) is 0 Å². The number of hydrogen-bond acceptors (Lipinski definition) is 2. The predicted molar refractivity (Wildman–Crippen MR) is 233 cm³/mol. The van der Waals surface area contributed by atoms with Gasteiger partial charge in [0, 0.05) is 61.3 Å². The molecule has 4 heteroatoms. The van der Waals surface area contributed by atoms with E-state index in [0.717, 1.165) is 11.2 Å². The van der Waals surface area contributed by atoms with Crippen molar-refractivity contribution in [2.75, 3.05) is 4.90 Å². The maximum absolute atomic E-state index is 6.88. The number of anilines is 3. The molecule has 0 atom stereocenters. The van der Waals surface area contributed by atoms with Crippen molar-refractivity contribution in [1.82, 2.24) is 4.48 Å². The van der Waals surface area contributed by atoms with Crippen LogP contribution in [-0.2, 0) is 16.2 Å². The third kappa shape index (κ3) is 4.61.